The average molecular weight is 235 g/mol. The van der Waals surface area contributed by atoms with Crippen LogP contribution >= 0.6 is 0 Å². The summed E-state index contributed by atoms with van der Waals surface area (Å²) in [4.78, 5) is 12.9. The third-order valence-corrected chi connectivity index (χ3v) is 3.77. The van der Waals surface area contributed by atoms with Gasteiger partial charge in [0.05, 0.1) is 0 Å². The molecule has 96 valence electrons. The number of allylic oxidation sites excluding steroid dienone is 3. The minimum Gasteiger partial charge on any atom is -0.303 e. The molecule has 2 atom stereocenters. The number of hydrogen-bond acceptors (Lipinski definition) is 2. The second kappa shape index (κ2) is 7.44. The molecule has 0 amide bonds. The highest BCUT2D eigenvalue weighted by Crippen LogP contribution is 2.24. The number of hydrogen-bond donors (Lipinski definition) is 0. The number of rotatable bonds is 6. The van der Waals surface area contributed by atoms with Crippen LogP contribution in [0.2, 0.25) is 0 Å². The molecule has 0 N–H and O–H groups in total. The molecular formula is C15H25NO. The summed E-state index contributed by atoms with van der Waals surface area (Å²) in [6, 6.07) is 0.521. The zero-order chi connectivity index (χ0) is 12.7. The third-order valence-electron chi connectivity index (χ3n) is 3.77. The maximum Gasteiger partial charge on any atom is 0.120 e. The Morgan fingerprint density at radius 1 is 1.53 bits per heavy atom. The molecule has 1 rings (SSSR count). The largest absolute Gasteiger partial charge is 0.303 e. The Kier molecular flexibility index (Phi) is 6.20. The molecule has 0 aromatic rings. The van der Waals surface area contributed by atoms with Crippen LogP contribution in [0.3, 0.4) is 0 Å². The fraction of sp³-hybridized carbons (Fsp3) is 0.667. The van der Waals surface area contributed by atoms with Crippen molar-refractivity contribution in [3.05, 3.63) is 23.8 Å². The van der Waals surface area contributed by atoms with Gasteiger partial charge in [-0.05, 0) is 46.1 Å². The van der Waals surface area contributed by atoms with Crippen molar-refractivity contribution in [1.82, 2.24) is 4.90 Å². The summed E-state index contributed by atoms with van der Waals surface area (Å²) in [5, 5.41) is 0. The SMILES string of the molecule is C/C=C\C=C(/C)[C@H](C)N1CCC(CCC=O)C1. The Morgan fingerprint density at radius 3 is 2.94 bits per heavy atom. The molecule has 0 aliphatic carbocycles. The molecule has 1 unspecified atom stereocenters. The first-order valence-electron chi connectivity index (χ1n) is 6.66. The summed E-state index contributed by atoms with van der Waals surface area (Å²) < 4.78 is 0. The van der Waals surface area contributed by atoms with Crippen LogP contribution in [-0.2, 0) is 4.79 Å². The van der Waals surface area contributed by atoms with Crippen molar-refractivity contribution >= 4 is 6.29 Å². The van der Waals surface area contributed by atoms with Crippen molar-refractivity contribution < 1.29 is 4.79 Å². The van der Waals surface area contributed by atoms with Crippen molar-refractivity contribution in [2.24, 2.45) is 5.92 Å². The van der Waals surface area contributed by atoms with E-state index in [0.29, 0.717) is 6.04 Å². The van der Waals surface area contributed by atoms with Crippen LogP contribution in [0.5, 0.6) is 0 Å². The van der Waals surface area contributed by atoms with Crippen molar-refractivity contribution in [2.75, 3.05) is 13.1 Å². The fourth-order valence-corrected chi connectivity index (χ4v) is 2.43. The van der Waals surface area contributed by atoms with Crippen molar-refractivity contribution in [2.45, 2.75) is 46.1 Å². The lowest BCUT2D eigenvalue weighted by molar-refractivity contribution is -0.108. The smallest absolute Gasteiger partial charge is 0.120 e. The Balaban J connectivity index is 2.44. The quantitative estimate of drug-likeness (QED) is 0.520. The van der Waals surface area contributed by atoms with E-state index in [1.165, 1.54) is 18.5 Å². The number of carbonyl (C=O) groups is 1. The summed E-state index contributed by atoms with van der Waals surface area (Å²) >= 11 is 0. The number of nitrogens with zero attached hydrogens (tertiary/aromatic N) is 1. The maximum atomic E-state index is 10.4. The van der Waals surface area contributed by atoms with Crippen LogP contribution < -0.4 is 0 Å². The molecule has 2 nitrogen and oxygen atoms in total. The highest BCUT2D eigenvalue weighted by atomic mass is 16.1. The van der Waals surface area contributed by atoms with E-state index in [9.17, 15) is 4.79 Å². The first-order chi connectivity index (χ1) is 8.19. The molecule has 1 fully saturated rings. The average Bonchev–Trinajstić information content (AvgIpc) is 2.81. The normalized spacial score (nSPS) is 24.4. The van der Waals surface area contributed by atoms with E-state index in [-0.39, 0.29) is 0 Å². The van der Waals surface area contributed by atoms with E-state index < -0.39 is 0 Å². The molecule has 0 aromatic heterocycles. The van der Waals surface area contributed by atoms with E-state index in [1.807, 2.05) is 6.92 Å². The zero-order valence-corrected chi connectivity index (χ0v) is 11.4. The van der Waals surface area contributed by atoms with Crippen LogP contribution in [0.4, 0.5) is 0 Å². The van der Waals surface area contributed by atoms with Gasteiger partial charge in [-0.1, -0.05) is 23.8 Å². The van der Waals surface area contributed by atoms with Gasteiger partial charge in [-0.25, -0.2) is 0 Å². The van der Waals surface area contributed by atoms with Crippen LogP contribution in [0, 0.1) is 5.92 Å². The standard InChI is InChI=1S/C15H25NO/c1-4-5-7-13(2)14(3)16-10-9-15(12-16)8-6-11-17/h4-5,7,11,14-15H,6,8-10,12H2,1-3H3/b5-4-,13-7+/t14-,15?/m0/s1. The molecule has 1 saturated heterocycles. The highest BCUT2D eigenvalue weighted by molar-refractivity contribution is 5.49. The lowest BCUT2D eigenvalue weighted by Crippen LogP contribution is -2.31. The third kappa shape index (κ3) is 4.47. The summed E-state index contributed by atoms with van der Waals surface area (Å²) in [6.07, 6.45) is 10.4. The van der Waals surface area contributed by atoms with Gasteiger partial charge >= 0.3 is 0 Å². The minimum atomic E-state index is 0.521. The first-order valence-corrected chi connectivity index (χ1v) is 6.66. The van der Waals surface area contributed by atoms with Gasteiger partial charge in [-0.2, -0.15) is 0 Å². The van der Waals surface area contributed by atoms with Gasteiger partial charge in [0.2, 0.25) is 0 Å². The predicted octanol–water partition coefficient (Wildman–Crippen LogP) is 3.20. The summed E-state index contributed by atoms with van der Waals surface area (Å²) in [5.74, 6) is 0.720. The van der Waals surface area contributed by atoms with Gasteiger partial charge in [-0.3, -0.25) is 4.90 Å². The summed E-state index contributed by atoms with van der Waals surface area (Å²) in [5.41, 5.74) is 1.42. The van der Waals surface area contributed by atoms with E-state index in [2.05, 4.69) is 37.0 Å². The van der Waals surface area contributed by atoms with Gasteiger partial charge in [0.25, 0.3) is 0 Å². The molecule has 1 aliphatic heterocycles. The maximum absolute atomic E-state index is 10.4. The van der Waals surface area contributed by atoms with E-state index in [1.54, 1.807) is 0 Å². The molecule has 1 heterocycles. The van der Waals surface area contributed by atoms with Gasteiger partial charge in [0.1, 0.15) is 6.29 Å². The predicted molar refractivity (Wildman–Crippen MR) is 73.0 cm³/mol. The number of carbonyl (C=O) groups excluding carboxylic acids is 1. The van der Waals surface area contributed by atoms with Crippen molar-refractivity contribution in [3.8, 4) is 0 Å². The topological polar surface area (TPSA) is 20.3 Å². The minimum absolute atomic E-state index is 0.521. The molecule has 0 bridgehead atoms. The van der Waals surface area contributed by atoms with Gasteiger partial charge in [0, 0.05) is 19.0 Å². The Bertz CT molecular complexity index is 293. The van der Waals surface area contributed by atoms with Crippen molar-refractivity contribution in [3.63, 3.8) is 0 Å². The van der Waals surface area contributed by atoms with E-state index in [4.69, 9.17) is 0 Å². The molecular weight excluding hydrogens is 210 g/mol. The Morgan fingerprint density at radius 2 is 2.29 bits per heavy atom. The molecule has 0 aromatic carbocycles. The van der Waals surface area contributed by atoms with Crippen LogP contribution in [0.25, 0.3) is 0 Å². The lowest BCUT2D eigenvalue weighted by atomic mass is 10.0. The van der Waals surface area contributed by atoms with Crippen LogP contribution in [0.1, 0.15) is 40.0 Å². The summed E-state index contributed by atoms with van der Waals surface area (Å²) in [6.45, 7) is 8.84. The van der Waals surface area contributed by atoms with Crippen LogP contribution in [-0.4, -0.2) is 30.3 Å². The Hall–Kier alpha value is -0.890. The number of aldehydes is 1. The second-order valence-electron chi connectivity index (χ2n) is 5.01. The molecule has 0 spiro atoms. The lowest BCUT2D eigenvalue weighted by Gasteiger charge is -2.25. The van der Waals surface area contributed by atoms with E-state index >= 15 is 0 Å². The van der Waals surface area contributed by atoms with E-state index in [0.717, 1.165) is 31.6 Å². The second-order valence-corrected chi connectivity index (χ2v) is 5.01. The molecule has 0 saturated carbocycles. The van der Waals surface area contributed by atoms with Crippen LogP contribution in [0.15, 0.2) is 23.8 Å². The number of likely N-dealkylation sites (tertiary alicyclic amines) is 1. The summed E-state index contributed by atoms with van der Waals surface area (Å²) in [7, 11) is 0. The van der Waals surface area contributed by atoms with Gasteiger partial charge in [-0.15, -0.1) is 0 Å². The first kappa shape index (κ1) is 14.2. The zero-order valence-electron chi connectivity index (χ0n) is 11.4. The monoisotopic (exact) mass is 235 g/mol. The van der Waals surface area contributed by atoms with Gasteiger partial charge < -0.3 is 4.79 Å². The fourth-order valence-electron chi connectivity index (χ4n) is 2.43. The highest BCUT2D eigenvalue weighted by Gasteiger charge is 2.25. The molecule has 17 heavy (non-hydrogen) atoms. The molecule has 0 radical (unpaired) electrons. The molecule has 2 heteroatoms. The molecule has 1 aliphatic rings. The van der Waals surface area contributed by atoms with Crippen molar-refractivity contribution in [1.29, 1.82) is 0 Å². The Labute approximate surface area is 105 Å². The van der Waals surface area contributed by atoms with Gasteiger partial charge in [0.15, 0.2) is 0 Å².